The summed E-state index contributed by atoms with van der Waals surface area (Å²) in [4.78, 5) is 26.9. The van der Waals surface area contributed by atoms with E-state index >= 15 is 0 Å². The smallest absolute Gasteiger partial charge is 0.368 e. The van der Waals surface area contributed by atoms with Gasteiger partial charge in [0.05, 0.1) is 17.8 Å². The lowest BCUT2D eigenvalue weighted by Crippen LogP contribution is -2.19. The highest BCUT2D eigenvalue weighted by Crippen LogP contribution is 2.31. The molecule has 0 spiro atoms. The number of carbonyl (C=O) groups is 1. The first kappa shape index (κ1) is 18.7. The molecule has 1 amide bonds. The van der Waals surface area contributed by atoms with Crippen LogP contribution in [0.1, 0.15) is 27.3 Å². The van der Waals surface area contributed by atoms with Gasteiger partial charge in [-0.05, 0) is 30.3 Å². The number of alkyl halides is 3. The molecule has 3 N–H and O–H groups in total. The minimum Gasteiger partial charge on any atom is -0.368 e. The maximum Gasteiger partial charge on any atom is 0.416 e. The number of nitrogens with zero attached hydrogens (tertiary/aromatic N) is 4. The van der Waals surface area contributed by atoms with Crippen molar-refractivity contribution >= 4 is 23.4 Å². The summed E-state index contributed by atoms with van der Waals surface area (Å²) in [5, 5.41) is 2.45. The van der Waals surface area contributed by atoms with Gasteiger partial charge in [-0.15, -0.1) is 0 Å². The Labute approximate surface area is 163 Å². The van der Waals surface area contributed by atoms with Crippen molar-refractivity contribution in [3.05, 3.63) is 71.2 Å². The molecule has 0 radical (unpaired) electrons. The van der Waals surface area contributed by atoms with Gasteiger partial charge in [-0.25, -0.2) is 15.0 Å². The Morgan fingerprint density at radius 2 is 1.90 bits per heavy atom. The van der Waals surface area contributed by atoms with Crippen LogP contribution < -0.4 is 16.0 Å². The van der Waals surface area contributed by atoms with Gasteiger partial charge in [0.1, 0.15) is 11.5 Å². The van der Waals surface area contributed by atoms with E-state index in [1.54, 1.807) is 18.3 Å². The van der Waals surface area contributed by atoms with E-state index in [1.165, 1.54) is 18.2 Å². The van der Waals surface area contributed by atoms with Crippen molar-refractivity contribution in [1.29, 1.82) is 0 Å². The third kappa shape index (κ3) is 3.96. The summed E-state index contributed by atoms with van der Waals surface area (Å²) in [6.45, 7) is 0.981. The number of hydrogen-bond donors (Lipinski definition) is 2. The van der Waals surface area contributed by atoms with E-state index in [0.717, 1.165) is 23.4 Å². The highest BCUT2D eigenvalue weighted by Gasteiger charge is 2.30. The first-order valence-corrected chi connectivity index (χ1v) is 8.60. The molecule has 3 aromatic rings. The number of benzene rings is 1. The van der Waals surface area contributed by atoms with Gasteiger partial charge in [0.2, 0.25) is 5.95 Å². The van der Waals surface area contributed by atoms with E-state index < -0.39 is 17.6 Å². The predicted molar refractivity (Wildman–Crippen MR) is 100.0 cm³/mol. The number of nitrogens with one attached hydrogen (secondary N) is 1. The largest absolute Gasteiger partial charge is 0.416 e. The zero-order valence-electron chi connectivity index (χ0n) is 14.9. The summed E-state index contributed by atoms with van der Waals surface area (Å²) in [6, 6.07) is 9.33. The van der Waals surface area contributed by atoms with Gasteiger partial charge in [0, 0.05) is 24.0 Å². The van der Waals surface area contributed by atoms with Crippen LogP contribution in [-0.2, 0) is 19.3 Å². The van der Waals surface area contributed by atoms with Crippen LogP contribution in [0.15, 0.2) is 48.7 Å². The van der Waals surface area contributed by atoms with Gasteiger partial charge < -0.3 is 16.0 Å². The molecule has 0 aliphatic carbocycles. The SMILES string of the molecule is Nc1ncc2c(n1)CN(c1cccc(C(=O)Nc3cccc(C(F)(F)F)c3)n1)C2. The minimum atomic E-state index is -4.49. The lowest BCUT2D eigenvalue weighted by atomic mass is 10.2. The standard InChI is InChI=1S/C19H15F3N6O/c20-19(21,22)12-3-1-4-13(7-12)25-17(29)14-5-2-6-16(26-14)28-9-11-8-24-18(23)27-15(11)10-28/h1-8H,9-10H2,(H,25,29)(H2,23,24,27). The predicted octanol–water partition coefficient (Wildman–Crippen LogP) is 3.25. The van der Waals surface area contributed by atoms with Crippen molar-refractivity contribution in [2.75, 3.05) is 16.0 Å². The molecule has 7 nitrogen and oxygen atoms in total. The maximum absolute atomic E-state index is 12.8. The molecule has 4 rings (SSSR count). The van der Waals surface area contributed by atoms with Crippen molar-refractivity contribution in [3.63, 3.8) is 0 Å². The fourth-order valence-electron chi connectivity index (χ4n) is 3.03. The van der Waals surface area contributed by atoms with Gasteiger partial charge in [-0.1, -0.05) is 12.1 Å². The van der Waals surface area contributed by atoms with Crippen LogP contribution in [-0.4, -0.2) is 20.9 Å². The Bertz CT molecular complexity index is 1090. The lowest BCUT2D eigenvalue weighted by Gasteiger charge is -2.16. The number of fused-ring (bicyclic) bond motifs is 1. The average molecular weight is 400 g/mol. The topological polar surface area (TPSA) is 97.0 Å². The Hall–Kier alpha value is -3.69. The molecular weight excluding hydrogens is 385 g/mol. The number of pyridine rings is 1. The van der Waals surface area contributed by atoms with Crippen molar-refractivity contribution in [2.24, 2.45) is 0 Å². The van der Waals surface area contributed by atoms with Crippen LogP contribution >= 0.6 is 0 Å². The summed E-state index contributed by atoms with van der Waals surface area (Å²) < 4.78 is 38.5. The van der Waals surface area contributed by atoms with E-state index in [0.29, 0.717) is 18.9 Å². The summed E-state index contributed by atoms with van der Waals surface area (Å²) in [6.07, 6.45) is -2.84. The molecule has 0 saturated heterocycles. The van der Waals surface area contributed by atoms with Crippen LogP contribution in [0.4, 0.5) is 30.6 Å². The van der Waals surface area contributed by atoms with Gasteiger partial charge in [-0.2, -0.15) is 13.2 Å². The number of anilines is 3. The summed E-state index contributed by atoms with van der Waals surface area (Å²) >= 11 is 0. The first-order chi connectivity index (χ1) is 13.8. The third-order valence-corrected chi connectivity index (χ3v) is 4.41. The maximum atomic E-state index is 12.8. The van der Waals surface area contributed by atoms with Crippen molar-refractivity contribution in [2.45, 2.75) is 19.3 Å². The van der Waals surface area contributed by atoms with E-state index in [-0.39, 0.29) is 17.3 Å². The van der Waals surface area contributed by atoms with Gasteiger partial charge in [0.25, 0.3) is 5.91 Å². The molecule has 1 aromatic carbocycles. The van der Waals surface area contributed by atoms with E-state index in [2.05, 4.69) is 20.3 Å². The Kier molecular flexibility index (Phi) is 4.53. The molecule has 148 valence electrons. The molecule has 2 aromatic heterocycles. The van der Waals surface area contributed by atoms with Gasteiger partial charge in [0.15, 0.2) is 0 Å². The summed E-state index contributed by atoms with van der Waals surface area (Å²) in [5.41, 5.74) is 6.60. The first-order valence-electron chi connectivity index (χ1n) is 8.60. The number of halogens is 3. The number of amides is 1. The monoisotopic (exact) mass is 400 g/mol. The molecule has 0 fully saturated rings. The van der Waals surface area contributed by atoms with E-state index in [9.17, 15) is 18.0 Å². The van der Waals surface area contributed by atoms with Crippen LogP contribution in [0.2, 0.25) is 0 Å². The fourth-order valence-corrected chi connectivity index (χ4v) is 3.03. The highest BCUT2D eigenvalue weighted by atomic mass is 19.4. The molecule has 0 bridgehead atoms. The molecule has 3 heterocycles. The number of carbonyl (C=O) groups excluding carboxylic acids is 1. The summed E-state index contributed by atoms with van der Waals surface area (Å²) in [7, 11) is 0. The molecule has 29 heavy (non-hydrogen) atoms. The second-order valence-electron chi connectivity index (χ2n) is 6.47. The second-order valence-corrected chi connectivity index (χ2v) is 6.47. The molecule has 1 aliphatic rings. The zero-order chi connectivity index (χ0) is 20.6. The Morgan fingerprint density at radius 3 is 2.69 bits per heavy atom. The van der Waals surface area contributed by atoms with Gasteiger partial charge >= 0.3 is 6.18 Å². The highest BCUT2D eigenvalue weighted by molar-refractivity contribution is 6.03. The Morgan fingerprint density at radius 1 is 1.10 bits per heavy atom. The van der Waals surface area contributed by atoms with Crippen LogP contribution in [0.5, 0.6) is 0 Å². The van der Waals surface area contributed by atoms with Crippen LogP contribution in [0.3, 0.4) is 0 Å². The van der Waals surface area contributed by atoms with Crippen LogP contribution in [0.25, 0.3) is 0 Å². The molecular formula is C19H15F3N6O. The van der Waals surface area contributed by atoms with E-state index in [1.807, 2.05) is 4.90 Å². The number of nitrogen functional groups attached to an aromatic ring is 1. The molecule has 0 saturated carbocycles. The number of rotatable bonds is 3. The van der Waals surface area contributed by atoms with Crippen molar-refractivity contribution in [3.8, 4) is 0 Å². The quantitative estimate of drug-likeness (QED) is 0.701. The minimum absolute atomic E-state index is 0.0383. The molecule has 1 aliphatic heterocycles. The number of hydrogen-bond acceptors (Lipinski definition) is 6. The average Bonchev–Trinajstić information content (AvgIpc) is 3.11. The third-order valence-electron chi connectivity index (χ3n) is 4.41. The van der Waals surface area contributed by atoms with E-state index in [4.69, 9.17) is 5.73 Å². The fraction of sp³-hybridized carbons (Fsp3) is 0.158. The van der Waals surface area contributed by atoms with Crippen molar-refractivity contribution < 1.29 is 18.0 Å². The number of nitrogens with two attached hydrogens (primary N) is 1. The normalized spacial score (nSPS) is 13.3. The second kappa shape index (κ2) is 7.04. The molecule has 0 atom stereocenters. The molecule has 10 heteroatoms. The van der Waals surface area contributed by atoms with Crippen molar-refractivity contribution in [1.82, 2.24) is 15.0 Å². The molecule has 0 unspecified atom stereocenters. The number of aromatic nitrogens is 3. The summed E-state index contributed by atoms with van der Waals surface area (Å²) in [5.74, 6) is 0.123. The van der Waals surface area contributed by atoms with Gasteiger partial charge in [-0.3, -0.25) is 4.79 Å². The zero-order valence-corrected chi connectivity index (χ0v) is 14.9. The lowest BCUT2D eigenvalue weighted by molar-refractivity contribution is -0.137. The Balaban J connectivity index is 1.51. The van der Waals surface area contributed by atoms with Crippen LogP contribution in [0, 0.1) is 0 Å².